The van der Waals surface area contributed by atoms with Gasteiger partial charge in [-0.3, -0.25) is 4.79 Å². The molecule has 0 saturated heterocycles. The zero-order valence-corrected chi connectivity index (χ0v) is 10.4. The Morgan fingerprint density at radius 1 is 1.44 bits per heavy atom. The van der Waals surface area contributed by atoms with E-state index < -0.39 is 6.04 Å². The molecule has 1 aliphatic rings. The molecule has 0 aromatic heterocycles. The molecule has 1 fully saturated rings. The molecule has 4 heteroatoms. The lowest BCUT2D eigenvalue weighted by Gasteiger charge is -2.35. The summed E-state index contributed by atoms with van der Waals surface area (Å²) < 4.78 is 4.93. The molecule has 0 radical (unpaired) electrons. The van der Waals surface area contributed by atoms with Gasteiger partial charge in [-0.15, -0.1) is 0 Å². The van der Waals surface area contributed by atoms with E-state index in [1.165, 1.54) is 19.3 Å². The zero-order chi connectivity index (χ0) is 12.0. The molecule has 4 nitrogen and oxygen atoms in total. The number of carbonyl (C=O) groups excluding carboxylic acids is 1. The fraction of sp³-hybridized carbons (Fsp3) is 0.917. The minimum absolute atomic E-state index is 0.0382. The van der Waals surface area contributed by atoms with E-state index in [2.05, 4.69) is 0 Å². The molecule has 1 unspecified atom stereocenters. The quantitative estimate of drug-likeness (QED) is 0.767. The zero-order valence-electron chi connectivity index (χ0n) is 10.4. The minimum Gasteiger partial charge on any atom is -0.383 e. The maximum Gasteiger partial charge on any atom is 0.242 e. The van der Waals surface area contributed by atoms with E-state index in [1.807, 2.05) is 11.8 Å². The number of hydrogen-bond donors (Lipinski definition) is 1. The number of rotatable bonds is 5. The Morgan fingerprint density at radius 2 is 2.06 bits per heavy atom. The second-order valence-electron chi connectivity index (χ2n) is 4.48. The summed E-state index contributed by atoms with van der Waals surface area (Å²) in [6.45, 7) is 3.08. The van der Waals surface area contributed by atoms with E-state index >= 15 is 0 Å². The molecule has 1 rings (SSSR count). The van der Waals surface area contributed by atoms with Gasteiger partial charge in [0, 0.05) is 19.7 Å². The Hall–Kier alpha value is -0.610. The molecule has 1 aliphatic carbocycles. The van der Waals surface area contributed by atoms with Crippen LogP contribution in [0, 0.1) is 0 Å². The summed E-state index contributed by atoms with van der Waals surface area (Å²) in [6.07, 6.45) is 6.01. The van der Waals surface area contributed by atoms with Gasteiger partial charge >= 0.3 is 0 Å². The molecule has 0 bridgehead atoms. The largest absolute Gasteiger partial charge is 0.383 e. The van der Waals surface area contributed by atoms with Crippen LogP contribution in [0.2, 0.25) is 0 Å². The fourth-order valence-corrected chi connectivity index (χ4v) is 2.45. The highest BCUT2D eigenvalue weighted by Crippen LogP contribution is 2.22. The van der Waals surface area contributed by atoms with Crippen molar-refractivity contribution in [3.05, 3.63) is 0 Å². The standard InChI is InChI=1S/C12H24N2O2/c1-3-14(10-7-5-4-6-8-10)12(15)11(13)9-16-2/h10-11H,3-9,13H2,1-2H3. The maximum absolute atomic E-state index is 12.1. The molecule has 0 aromatic carbocycles. The summed E-state index contributed by atoms with van der Waals surface area (Å²) >= 11 is 0. The topological polar surface area (TPSA) is 55.6 Å². The molecule has 16 heavy (non-hydrogen) atoms. The Bertz CT molecular complexity index is 215. The molecule has 0 aliphatic heterocycles. The van der Waals surface area contributed by atoms with Crippen LogP contribution in [-0.2, 0) is 9.53 Å². The van der Waals surface area contributed by atoms with Crippen LogP contribution in [0.1, 0.15) is 39.0 Å². The Kier molecular flexibility index (Phi) is 5.77. The van der Waals surface area contributed by atoms with Crippen molar-refractivity contribution in [3.63, 3.8) is 0 Å². The monoisotopic (exact) mass is 228 g/mol. The normalized spacial score (nSPS) is 19.4. The maximum atomic E-state index is 12.1. The van der Waals surface area contributed by atoms with Crippen LogP contribution in [0.25, 0.3) is 0 Å². The number of amides is 1. The summed E-state index contributed by atoms with van der Waals surface area (Å²) in [5.41, 5.74) is 5.79. The van der Waals surface area contributed by atoms with Crippen molar-refractivity contribution in [1.82, 2.24) is 4.90 Å². The molecule has 0 aromatic rings. The van der Waals surface area contributed by atoms with Crippen LogP contribution >= 0.6 is 0 Å². The summed E-state index contributed by atoms with van der Waals surface area (Å²) in [5, 5.41) is 0. The highest BCUT2D eigenvalue weighted by Gasteiger charge is 2.27. The van der Waals surface area contributed by atoms with Gasteiger partial charge in [-0.25, -0.2) is 0 Å². The van der Waals surface area contributed by atoms with E-state index in [0.717, 1.165) is 19.4 Å². The lowest BCUT2D eigenvalue weighted by molar-refractivity contribution is -0.136. The fourth-order valence-electron chi connectivity index (χ4n) is 2.45. The smallest absolute Gasteiger partial charge is 0.242 e. The van der Waals surface area contributed by atoms with Crippen molar-refractivity contribution >= 4 is 5.91 Å². The van der Waals surface area contributed by atoms with Crippen LogP contribution < -0.4 is 5.73 Å². The SMILES string of the molecule is CCN(C(=O)C(N)COC)C1CCCCC1. The number of nitrogens with zero attached hydrogens (tertiary/aromatic N) is 1. The second kappa shape index (κ2) is 6.86. The van der Waals surface area contributed by atoms with E-state index in [0.29, 0.717) is 12.6 Å². The van der Waals surface area contributed by atoms with Crippen LogP contribution in [0.5, 0.6) is 0 Å². The second-order valence-corrected chi connectivity index (χ2v) is 4.48. The summed E-state index contributed by atoms with van der Waals surface area (Å²) in [4.78, 5) is 14.0. The van der Waals surface area contributed by atoms with Crippen molar-refractivity contribution in [1.29, 1.82) is 0 Å². The van der Waals surface area contributed by atoms with Crippen LogP contribution in [0.3, 0.4) is 0 Å². The van der Waals surface area contributed by atoms with Gasteiger partial charge in [-0.2, -0.15) is 0 Å². The third-order valence-electron chi connectivity index (χ3n) is 3.30. The van der Waals surface area contributed by atoms with E-state index in [1.54, 1.807) is 7.11 Å². The van der Waals surface area contributed by atoms with Gasteiger partial charge in [-0.05, 0) is 19.8 Å². The molecule has 2 N–H and O–H groups in total. The Balaban J connectivity index is 2.54. The van der Waals surface area contributed by atoms with Gasteiger partial charge in [0.15, 0.2) is 0 Å². The number of hydrogen-bond acceptors (Lipinski definition) is 3. The van der Waals surface area contributed by atoms with Gasteiger partial charge in [-0.1, -0.05) is 19.3 Å². The molecular formula is C12H24N2O2. The molecule has 1 atom stereocenters. The van der Waals surface area contributed by atoms with Crippen LogP contribution in [0.4, 0.5) is 0 Å². The van der Waals surface area contributed by atoms with Crippen LogP contribution in [0.15, 0.2) is 0 Å². The van der Waals surface area contributed by atoms with Crippen molar-refractivity contribution in [2.75, 3.05) is 20.3 Å². The van der Waals surface area contributed by atoms with Gasteiger partial charge in [0.1, 0.15) is 6.04 Å². The first-order valence-corrected chi connectivity index (χ1v) is 6.25. The third kappa shape index (κ3) is 3.46. The van der Waals surface area contributed by atoms with Crippen molar-refractivity contribution < 1.29 is 9.53 Å². The van der Waals surface area contributed by atoms with Crippen LogP contribution in [-0.4, -0.2) is 43.2 Å². The van der Waals surface area contributed by atoms with Crippen molar-refractivity contribution in [2.45, 2.75) is 51.1 Å². The average Bonchev–Trinajstić information content (AvgIpc) is 2.31. The molecular weight excluding hydrogens is 204 g/mol. The highest BCUT2D eigenvalue weighted by atomic mass is 16.5. The molecule has 1 amide bonds. The summed E-state index contributed by atoms with van der Waals surface area (Å²) in [7, 11) is 1.57. The van der Waals surface area contributed by atoms with E-state index in [-0.39, 0.29) is 5.91 Å². The molecule has 1 saturated carbocycles. The van der Waals surface area contributed by atoms with E-state index in [9.17, 15) is 4.79 Å². The number of likely N-dealkylation sites (N-methyl/N-ethyl adjacent to an activating group) is 1. The van der Waals surface area contributed by atoms with Gasteiger partial charge in [0.2, 0.25) is 5.91 Å². The van der Waals surface area contributed by atoms with Crippen molar-refractivity contribution in [3.8, 4) is 0 Å². The summed E-state index contributed by atoms with van der Waals surface area (Å²) in [6, 6.07) is -0.110. The lowest BCUT2D eigenvalue weighted by atomic mass is 9.94. The molecule has 94 valence electrons. The third-order valence-corrected chi connectivity index (χ3v) is 3.30. The predicted octanol–water partition coefficient (Wildman–Crippen LogP) is 1.14. The van der Waals surface area contributed by atoms with Crippen molar-refractivity contribution in [2.24, 2.45) is 5.73 Å². The van der Waals surface area contributed by atoms with Gasteiger partial charge < -0.3 is 15.4 Å². The number of carbonyl (C=O) groups is 1. The molecule has 0 heterocycles. The lowest BCUT2D eigenvalue weighted by Crippen LogP contribution is -2.50. The number of methoxy groups -OCH3 is 1. The first kappa shape index (κ1) is 13.5. The predicted molar refractivity (Wildman–Crippen MR) is 64.1 cm³/mol. The minimum atomic E-state index is -0.508. The Morgan fingerprint density at radius 3 is 2.56 bits per heavy atom. The first-order valence-electron chi connectivity index (χ1n) is 6.25. The van der Waals surface area contributed by atoms with Gasteiger partial charge in [0.25, 0.3) is 0 Å². The average molecular weight is 228 g/mol. The molecule has 0 spiro atoms. The number of ether oxygens (including phenoxy) is 1. The first-order chi connectivity index (χ1) is 7.70. The highest BCUT2D eigenvalue weighted by molar-refractivity contribution is 5.82. The number of nitrogens with two attached hydrogens (primary N) is 1. The van der Waals surface area contributed by atoms with Gasteiger partial charge in [0.05, 0.1) is 6.61 Å². The van der Waals surface area contributed by atoms with E-state index in [4.69, 9.17) is 10.5 Å². The Labute approximate surface area is 98.1 Å². The summed E-state index contributed by atoms with van der Waals surface area (Å²) in [5.74, 6) is 0.0382.